The van der Waals surface area contributed by atoms with Crippen molar-refractivity contribution in [2.45, 2.75) is 17.7 Å². The number of hydrazine groups is 1. The molecule has 3 aromatic rings. The van der Waals surface area contributed by atoms with Crippen LogP contribution in [0.4, 0.5) is 4.39 Å². The number of halogens is 1. The molecule has 1 heterocycles. The number of furan rings is 1. The van der Waals surface area contributed by atoms with E-state index < -0.39 is 5.91 Å². The van der Waals surface area contributed by atoms with Crippen LogP contribution in [0.1, 0.15) is 12.2 Å². The van der Waals surface area contributed by atoms with Crippen LogP contribution >= 0.6 is 11.8 Å². The van der Waals surface area contributed by atoms with Crippen molar-refractivity contribution in [3.8, 4) is 11.3 Å². The fourth-order valence-electron chi connectivity index (χ4n) is 2.45. The van der Waals surface area contributed by atoms with E-state index in [-0.39, 0.29) is 23.9 Å². The molecule has 0 aliphatic rings. The second-order valence-electron chi connectivity index (χ2n) is 5.95. The van der Waals surface area contributed by atoms with Gasteiger partial charge in [0.2, 0.25) is 11.8 Å². The van der Waals surface area contributed by atoms with Gasteiger partial charge in [-0.1, -0.05) is 42.5 Å². The van der Waals surface area contributed by atoms with Gasteiger partial charge in [0.1, 0.15) is 17.3 Å². The Morgan fingerprint density at radius 1 is 0.893 bits per heavy atom. The third kappa shape index (κ3) is 5.72. The predicted molar refractivity (Wildman–Crippen MR) is 106 cm³/mol. The van der Waals surface area contributed by atoms with Crippen LogP contribution in [0, 0.1) is 5.82 Å². The molecule has 0 aliphatic heterocycles. The minimum atomic E-state index is -0.411. The minimum absolute atomic E-state index is 0.000166. The first-order valence-electron chi connectivity index (χ1n) is 8.71. The van der Waals surface area contributed by atoms with Crippen LogP contribution in [-0.4, -0.2) is 17.6 Å². The molecule has 2 N–H and O–H groups in total. The van der Waals surface area contributed by atoms with Crippen LogP contribution in [0.25, 0.3) is 11.3 Å². The summed E-state index contributed by atoms with van der Waals surface area (Å²) >= 11 is 1.06. The number of aryl methyl sites for hydroxylation is 1. The van der Waals surface area contributed by atoms with E-state index in [1.54, 1.807) is 18.2 Å². The Hall–Kier alpha value is -3.06. The van der Waals surface area contributed by atoms with Gasteiger partial charge in [0.25, 0.3) is 0 Å². The van der Waals surface area contributed by atoms with Gasteiger partial charge in [-0.15, -0.1) is 11.8 Å². The highest BCUT2D eigenvalue weighted by Gasteiger charge is 2.10. The van der Waals surface area contributed by atoms with Crippen LogP contribution in [0.5, 0.6) is 0 Å². The van der Waals surface area contributed by atoms with Crippen molar-refractivity contribution >= 4 is 23.6 Å². The fourth-order valence-corrected chi connectivity index (χ4v) is 3.19. The van der Waals surface area contributed by atoms with Crippen LogP contribution in [-0.2, 0) is 16.0 Å². The Bertz CT molecular complexity index is 944. The topological polar surface area (TPSA) is 71.3 Å². The Labute approximate surface area is 166 Å². The van der Waals surface area contributed by atoms with E-state index >= 15 is 0 Å². The fraction of sp³-hybridized carbons (Fsp3) is 0.143. The third-order valence-corrected chi connectivity index (χ3v) is 4.90. The van der Waals surface area contributed by atoms with E-state index in [0.717, 1.165) is 23.1 Å². The molecule has 0 spiro atoms. The van der Waals surface area contributed by atoms with E-state index in [4.69, 9.17) is 4.42 Å². The summed E-state index contributed by atoms with van der Waals surface area (Å²) in [6.07, 6.45) is 0.584. The van der Waals surface area contributed by atoms with Gasteiger partial charge < -0.3 is 4.42 Å². The van der Waals surface area contributed by atoms with Crippen LogP contribution < -0.4 is 10.9 Å². The second kappa shape index (κ2) is 9.75. The summed E-state index contributed by atoms with van der Waals surface area (Å²) in [7, 11) is 0. The molecule has 0 saturated heterocycles. The monoisotopic (exact) mass is 398 g/mol. The number of rotatable bonds is 7. The highest BCUT2D eigenvalue weighted by atomic mass is 32.2. The summed E-state index contributed by atoms with van der Waals surface area (Å²) in [5.74, 6) is 0.315. The highest BCUT2D eigenvalue weighted by molar-refractivity contribution is 8.00. The van der Waals surface area contributed by atoms with Crippen molar-refractivity contribution in [3.05, 3.63) is 78.3 Å². The van der Waals surface area contributed by atoms with Gasteiger partial charge >= 0.3 is 0 Å². The molecule has 0 fully saturated rings. The zero-order valence-corrected chi connectivity index (χ0v) is 15.8. The Balaban J connectivity index is 1.38. The standard InChI is InChI=1S/C21H19FN2O3S/c22-17-8-4-5-9-19(17)28-14-21(26)24-23-20(25)13-11-16-10-12-18(27-16)15-6-2-1-3-7-15/h1-10,12H,11,13-14H2,(H,23,25)(H,24,26). The Morgan fingerprint density at radius 2 is 1.61 bits per heavy atom. The van der Waals surface area contributed by atoms with Gasteiger partial charge in [-0.2, -0.15) is 0 Å². The molecule has 7 heteroatoms. The molecule has 0 atom stereocenters. The molecule has 1 aromatic heterocycles. The number of hydrogen-bond donors (Lipinski definition) is 2. The third-order valence-electron chi connectivity index (χ3n) is 3.86. The normalized spacial score (nSPS) is 10.5. The van der Waals surface area contributed by atoms with Gasteiger partial charge in [0.15, 0.2) is 0 Å². The first-order valence-corrected chi connectivity index (χ1v) is 9.69. The van der Waals surface area contributed by atoms with Crippen molar-refractivity contribution in [3.63, 3.8) is 0 Å². The molecular weight excluding hydrogens is 379 g/mol. The first-order chi connectivity index (χ1) is 13.6. The van der Waals surface area contributed by atoms with E-state index in [2.05, 4.69) is 10.9 Å². The van der Waals surface area contributed by atoms with Crippen molar-refractivity contribution in [2.24, 2.45) is 0 Å². The molecule has 0 saturated carbocycles. The van der Waals surface area contributed by atoms with E-state index in [1.807, 2.05) is 42.5 Å². The van der Waals surface area contributed by atoms with E-state index in [0.29, 0.717) is 17.1 Å². The van der Waals surface area contributed by atoms with Gasteiger partial charge in [0.05, 0.1) is 5.75 Å². The molecule has 3 rings (SSSR count). The Morgan fingerprint density at radius 3 is 2.39 bits per heavy atom. The van der Waals surface area contributed by atoms with E-state index in [1.165, 1.54) is 6.07 Å². The molecule has 0 radical (unpaired) electrons. The maximum absolute atomic E-state index is 13.5. The van der Waals surface area contributed by atoms with Gasteiger partial charge in [-0.3, -0.25) is 20.4 Å². The minimum Gasteiger partial charge on any atom is -0.461 e. The number of carbonyl (C=O) groups is 2. The largest absolute Gasteiger partial charge is 0.461 e. The van der Waals surface area contributed by atoms with Crippen molar-refractivity contribution in [2.75, 3.05) is 5.75 Å². The summed E-state index contributed by atoms with van der Waals surface area (Å²) in [6, 6.07) is 19.6. The van der Waals surface area contributed by atoms with Gasteiger partial charge in [0, 0.05) is 23.3 Å². The maximum Gasteiger partial charge on any atom is 0.248 e. The summed E-state index contributed by atoms with van der Waals surface area (Å²) < 4.78 is 19.2. The lowest BCUT2D eigenvalue weighted by Crippen LogP contribution is -2.42. The number of nitrogens with one attached hydrogen (secondary N) is 2. The lowest BCUT2D eigenvalue weighted by atomic mass is 10.2. The van der Waals surface area contributed by atoms with Crippen LogP contribution in [0.2, 0.25) is 0 Å². The van der Waals surface area contributed by atoms with Crippen molar-refractivity contribution < 1.29 is 18.4 Å². The number of benzene rings is 2. The van der Waals surface area contributed by atoms with Crippen LogP contribution in [0.3, 0.4) is 0 Å². The lowest BCUT2D eigenvalue weighted by molar-refractivity contribution is -0.127. The smallest absolute Gasteiger partial charge is 0.248 e. The lowest BCUT2D eigenvalue weighted by Gasteiger charge is -2.07. The molecule has 0 bridgehead atoms. The maximum atomic E-state index is 13.5. The number of thioether (sulfide) groups is 1. The number of carbonyl (C=O) groups excluding carboxylic acids is 2. The molecule has 144 valence electrons. The first kappa shape index (κ1) is 19.7. The molecule has 2 amide bonds. The van der Waals surface area contributed by atoms with E-state index in [9.17, 15) is 14.0 Å². The molecule has 0 unspecified atom stereocenters. The molecule has 28 heavy (non-hydrogen) atoms. The molecule has 0 aliphatic carbocycles. The zero-order chi connectivity index (χ0) is 19.8. The quantitative estimate of drug-likeness (QED) is 0.467. The summed E-state index contributed by atoms with van der Waals surface area (Å²) in [6.45, 7) is 0. The summed E-state index contributed by atoms with van der Waals surface area (Å²) in [5.41, 5.74) is 5.65. The van der Waals surface area contributed by atoms with Gasteiger partial charge in [-0.25, -0.2) is 4.39 Å². The van der Waals surface area contributed by atoms with Gasteiger partial charge in [-0.05, 0) is 24.3 Å². The van der Waals surface area contributed by atoms with Crippen molar-refractivity contribution in [1.82, 2.24) is 10.9 Å². The average Bonchev–Trinajstić information content (AvgIpc) is 3.20. The summed E-state index contributed by atoms with van der Waals surface area (Å²) in [4.78, 5) is 24.1. The zero-order valence-electron chi connectivity index (χ0n) is 15.0. The average molecular weight is 398 g/mol. The SMILES string of the molecule is O=C(CCc1ccc(-c2ccccc2)o1)NNC(=O)CSc1ccccc1F. The molecule has 5 nitrogen and oxygen atoms in total. The second-order valence-corrected chi connectivity index (χ2v) is 6.96. The predicted octanol–water partition coefficient (Wildman–Crippen LogP) is 3.96. The summed E-state index contributed by atoms with van der Waals surface area (Å²) in [5, 5.41) is 0. The number of amides is 2. The Kier molecular flexibility index (Phi) is 6.86. The number of hydrogen-bond acceptors (Lipinski definition) is 4. The van der Waals surface area contributed by atoms with Crippen molar-refractivity contribution in [1.29, 1.82) is 0 Å². The molecule has 2 aromatic carbocycles. The highest BCUT2D eigenvalue weighted by Crippen LogP contribution is 2.22. The van der Waals surface area contributed by atoms with Crippen LogP contribution in [0.15, 0.2) is 76.0 Å². The molecular formula is C21H19FN2O3S.